The summed E-state index contributed by atoms with van der Waals surface area (Å²) in [5, 5.41) is 2.80. The van der Waals surface area contributed by atoms with Crippen molar-refractivity contribution in [1.29, 1.82) is 0 Å². The van der Waals surface area contributed by atoms with E-state index in [0.717, 1.165) is 16.8 Å². The number of amides is 2. The van der Waals surface area contributed by atoms with E-state index in [1.165, 1.54) is 13.0 Å². The van der Waals surface area contributed by atoms with E-state index in [4.69, 9.17) is 4.74 Å². The number of hydrogen-bond acceptors (Lipinski definition) is 5. The molecule has 0 radical (unpaired) electrons. The van der Waals surface area contributed by atoms with Crippen molar-refractivity contribution in [3.8, 4) is 5.75 Å². The van der Waals surface area contributed by atoms with Gasteiger partial charge in [0.15, 0.2) is 0 Å². The number of hydrogen-bond donors (Lipinski definition) is 2. The minimum Gasteiger partial charge on any atom is -0.496 e. The standard InChI is InChI=1S/C24H31N3O5S/c1-15(2)23(24(29)25-14-18-8-6-7-9-22(18)32-5)26-33(30,31)20-10-11-21-19(13-20)12-16(3)27(21)17(4)28/h6-11,13,15-16,23,26H,12,14H2,1-5H3,(H,25,29). The summed E-state index contributed by atoms with van der Waals surface area (Å²) in [5.41, 5.74) is 2.31. The summed E-state index contributed by atoms with van der Waals surface area (Å²) in [6.45, 7) is 7.20. The largest absolute Gasteiger partial charge is 0.496 e. The smallest absolute Gasteiger partial charge is 0.241 e. The van der Waals surface area contributed by atoms with Gasteiger partial charge in [0.05, 0.1) is 12.0 Å². The van der Waals surface area contributed by atoms with Crippen molar-refractivity contribution in [3.63, 3.8) is 0 Å². The van der Waals surface area contributed by atoms with Crippen LogP contribution in [-0.4, -0.2) is 39.4 Å². The van der Waals surface area contributed by atoms with Gasteiger partial charge < -0.3 is 15.0 Å². The molecule has 2 N–H and O–H groups in total. The summed E-state index contributed by atoms with van der Waals surface area (Å²) >= 11 is 0. The Balaban J connectivity index is 1.77. The second kappa shape index (κ2) is 9.93. The van der Waals surface area contributed by atoms with E-state index in [2.05, 4.69) is 10.0 Å². The highest BCUT2D eigenvalue weighted by Crippen LogP contribution is 2.34. The number of para-hydroxylation sites is 1. The Bertz CT molecular complexity index is 1150. The molecule has 2 aromatic carbocycles. The summed E-state index contributed by atoms with van der Waals surface area (Å²) in [5.74, 6) is -0.134. The van der Waals surface area contributed by atoms with E-state index >= 15 is 0 Å². The van der Waals surface area contributed by atoms with Crippen molar-refractivity contribution >= 4 is 27.5 Å². The molecule has 1 aliphatic rings. The third kappa shape index (κ3) is 5.36. The van der Waals surface area contributed by atoms with Crippen LogP contribution in [0.5, 0.6) is 5.75 Å². The molecule has 0 saturated carbocycles. The minimum atomic E-state index is -3.96. The molecule has 9 heteroatoms. The van der Waals surface area contributed by atoms with E-state index < -0.39 is 22.0 Å². The van der Waals surface area contributed by atoms with E-state index in [1.54, 1.807) is 44.1 Å². The number of anilines is 1. The molecule has 3 rings (SSSR count). The van der Waals surface area contributed by atoms with Gasteiger partial charge in [0.2, 0.25) is 21.8 Å². The van der Waals surface area contributed by atoms with Gasteiger partial charge in [-0.3, -0.25) is 9.59 Å². The Labute approximate surface area is 195 Å². The normalized spacial score (nSPS) is 16.4. The highest BCUT2D eigenvalue weighted by Gasteiger charge is 2.32. The van der Waals surface area contributed by atoms with Gasteiger partial charge in [0.1, 0.15) is 11.8 Å². The first-order valence-corrected chi connectivity index (χ1v) is 12.4. The van der Waals surface area contributed by atoms with Crippen molar-refractivity contribution in [2.75, 3.05) is 12.0 Å². The van der Waals surface area contributed by atoms with Crippen LogP contribution in [0.1, 0.15) is 38.8 Å². The molecule has 178 valence electrons. The number of nitrogens with zero attached hydrogens (tertiary/aromatic N) is 1. The van der Waals surface area contributed by atoms with Gasteiger partial charge in [-0.2, -0.15) is 4.72 Å². The Kier molecular flexibility index (Phi) is 7.44. The lowest BCUT2D eigenvalue weighted by atomic mass is 10.0. The van der Waals surface area contributed by atoms with E-state index in [-0.39, 0.29) is 29.3 Å². The number of carbonyl (C=O) groups excluding carboxylic acids is 2. The maximum absolute atomic E-state index is 13.1. The van der Waals surface area contributed by atoms with Crippen LogP contribution in [0.3, 0.4) is 0 Å². The van der Waals surface area contributed by atoms with Gasteiger partial charge in [0, 0.05) is 30.8 Å². The highest BCUT2D eigenvalue weighted by atomic mass is 32.2. The molecular formula is C24H31N3O5S. The van der Waals surface area contributed by atoms with Crippen molar-refractivity contribution in [3.05, 3.63) is 53.6 Å². The van der Waals surface area contributed by atoms with Gasteiger partial charge in [-0.15, -0.1) is 0 Å². The number of sulfonamides is 1. The van der Waals surface area contributed by atoms with Crippen LogP contribution in [0.25, 0.3) is 0 Å². The fourth-order valence-electron chi connectivity index (χ4n) is 4.12. The van der Waals surface area contributed by atoms with Crippen molar-refractivity contribution in [1.82, 2.24) is 10.0 Å². The fraction of sp³-hybridized carbons (Fsp3) is 0.417. The van der Waals surface area contributed by atoms with Gasteiger partial charge in [-0.05, 0) is 49.1 Å². The molecule has 0 bridgehead atoms. The lowest BCUT2D eigenvalue weighted by molar-refractivity contribution is -0.123. The molecule has 0 aliphatic carbocycles. The van der Waals surface area contributed by atoms with Gasteiger partial charge in [-0.1, -0.05) is 32.0 Å². The van der Waals surface area contributed by atoms with Crippen LogP contribution in [0.15, 0.2) is 47.4 Å². The van der Waals surface area contributed by atoms with Crippen LogP contribution >= 0.6 is 0 Å². The number of nitrogens with one attached hydrogen (secondary N) is 2. The molecule has 33 heavy (non-hydrogen) atoms. The number of carbonyl (C=O) groups is 2. The average molecular weight is 474 g/mol. The van der Waals surface area contributed by atoms with E-state index in [1.807, 2.05) is 25.1 Å². The van der Waals surface area contributed by atoms with Crippen molar-refractivity contribution in [2.45, 2.75) is 57.6 Å². The maximum Gasteiger partial charge on any atom is 0.241 e. The number of ether oxygens (including phenoxy) is 1. The molecule has 1 heterocycles. The third-order valence-corrected chi connectivity index (χ3v) is 7.23. The van der Waals surface area contributed by atoms with Crippen LogP contribution in [0.4, 0.5) is 5.69 Å². The molecule has 2 unspecified atom stereocenters. The Hall–Kier alpha value is -2.91. The van der Waals surface area contributed by atoms with Crippen molar-refractivity contribution < 1.29 is 22.7 Å². The first-order chi connectivity index (χ1) is 15.5. The van der Waals surface area contributed by atoms with Crippen LogP contribution in [0, 0.1) is 5.92 Å². The molecule has 8 nitrogen and oxygen atoms in total. The lowest BCUT2D eigenvalue weighted by Crippen LogP contribution is -2.49. The first-order valence-electron chi connectivity index (χ1n) is 10.9. The lowest BCUT2D eigenvalue weighted by Gasteiger charge is -2.22. The molecule has 1 aliphatic heterocycles. The molecule has 2 atom stereocenters. The summed E-state index contributed by atoms with van der Waals surface area (Å²) in [6, 6.07) is 11.0. The molecule has 0 spiro atoms. The van der Waals surface area contributed by atoms with Gasteiger partial charge >= 0.3 is 0 Å². The minimum absolute atomic E-state index is 0.0346. The van der Waals surface area contributed by atoms with E-state index in [9.17, 15) is 18.0 Å². The predicted octanol–water partition coefficient (Wildman–Crippen LogP) is 2.61. The SMILES string of the molecule is COc1ccccc1CNC(=O)C(NS(=O)(=O)c1ccc2c(c1)CC(C)N2C(C)=O)C(C)C. The molecule has 0 aromatic heterocycles. The Morgan fingerprint density at radius 2 is 1.88 bits per heavy atom. The summed E-state index contributed by atoms with van der Waals surface area (Å²) < 4.78 is 34.1. The van der Waals surface area contributed by atoms with E-state index in [0.29, 0.717) is 12.2 Å². The summed E-state index contributed by atoms with van der Waals surface area (Å²) in [4.78, 5) is 26.6. The second-order valence-electron chi connectivity index (χ2n) is 8.61. The third-order valence-electron chi connectivity index (χ3n) is 5.79. The predicted molar refractivity (Wildman–Crippen MR) is 127 cm³/mol. The molecule has 0 fully saturated rings. The number of methoxy groups -OCH3 is 1. The maximum atomic E-state index is 13.1. The monoisotopic (exact) mass is 473 g/mol. The quantitative estimate of drug-likeness (QED) is 0.613. The summed E-state index contributed by atoms with van der Waals surface area (Å²) in [6.07, 6.45) is 0.575. The Morgan fingerprint density at radius 1 is 1.18 bits per heavy atom. The number of rotatable bonds is 8. The molecule has 2 aromatic rings. The van der Waals surface area contributed by atoms with Gasteiger partial charge in [-0.25, -0.2) is 8.42 Å². The van der Waals surface area contributed by atoms with Gasteiger partial charge in [0.25, 0.3) is 0 Å². The summed E-state index contributed by atoms with van der Waals surface area (Å²) in [7, 11) is -2.41. The average Bonchev–Trinajstić information content (AvgIpc) is 3.10. The fourth-order valence-corrected chi connectivity index (χ4v) is 5.52. The van der Waals surface area contributed by atoms with Crippen LogP contribution in [0.2, 0.25) is 0 Å². The first kappa shape index (κ1) is 24.7. The molecular weight excluding hydrogens is 442 g/mol. The zero-order valence-electron chi connectivity index (χ0n) is 19.6. The molecule has 0 saturated heterocycles. The van der Waals surface area contributed by atoms with Crippen LogP contribution in [-0.2, 0) is 32.6 Å². The number of fused-ring (bicyclic) bond motifs is 1. The zero-order valence-corrected chi connectivity index (χ0v) is 20.4. The number of benzene rings is 2. The second-order valence-corrected chi connectivity index (χ2v) is 10.3. The van der Waals surface area contributed by atoms with Crippen LogP contribution < -0.4 is 19.7 Å². The highest BCUT2D eigenvalue weighted by molar-refractivity contribution is 7.89. The molecule has 2 amide bonds. The van der Waals surface area contributed by atoms with Crippen molar-refractivity contribution in [2.24, 2.45) is 5.92 Å². The Morgan fingerprint density at radius 3 is 2.52 bits per heavy atom. The topological polar surface area (TPSA) is 105 Å². The zero-order chi connectivity index (χ0) is 24.3.